The standard InChI is InChI=1S/C78H141NO13/c1-3-5-7-9-11-13-15-17-19-21-23-24-25-26-27-28-29-30-31-32-33-34-35-36-37-38-39-40-41-42-44-46-48-50-52-54-56-58-60-62-70(83)79-66(67(82)61-59-57-55-53-51-49-47-45-43-22-20-18-16-14-12-10-8-6-4-2)65-89-77-75(88)73(86)76(69(64-81)91-77)92-78-74(87)72(85)71(84)68(63-80)90-78/h5,7,11,13,17,19,23-24,51,53,59,61,66-69,71-78,80-82,84-88H,3-4,6,8-10,12,14-16,18,20-22,25-50,52,54-58,60,62-65H2,1-2H3,(H,79,83)/b7-5-,13-11-,19-17-,24-23-,53-51+,61-59+. The molecule has 14 nitrogen and oxygen atoms in total. The molecule has 2 aliphatic rings. The first-order chi connectivity index (χ1) is 45.1. The SMILES string of the molecule is CC/C=C\C/C=C\C/C=C\C/C=C\CCCCCCCCCCCCCCCCCCCCCCCCCCCCC(=O)NC(COC1OC(CO)C(OC2OC(CO)C(O)C(O)C2O)C(O)C1O)C(O)/C=C/CC/C=C/CCCCCCCCCCCCCCC. The third-order valence-corrected chi connectivity index (χ3v) is 18.4. The summed E-state index contributed by atoms with van der Waals surface area (Å²) < 4.78 is 22.9. The van der Waals surface area contributed by atoms with E-state index in [-0.39, 0.29) is 18.9 Å². The molecule has 0 bridgehead atoms. The number of carbonyl (C=O) groups is 1. The van der Waals surface area contributed by atoms with Crippen molar-refractivity contribution < 1.29 is 64.6 Å². The molecule has 2 heterocycles. The Morgan fingerprint density at radius 2 is 0.761 bits per heavy atom. The van der Waals surface area contributed by atoms with Crippen molar-refractivity contribution in [1.29, 1.82) is 0 Å². The van der Waals surface area contributed by atoms with E-state index in [4.69, 9.17) is 18.9 Å². The second kappa shape index (κ2) is 62.0. The molecule has 0 aromatic heterocycles. The van der Waals surface area contributed by atoms with E-state index in [1.807, 2.05) is 6.08 Å². The largest absolute Gasteiger partial charge is 0.394 e. The summed E-state index contributed by atoms with van der Waals surface area (Å²) >= 11 is 0. The maximum absolute atomic E-state index is 13.3. The van der Waals surface area contributed by atoms with Gasteiger partial charge in [0, 0.05) is 6.42 Å². The molecule has 0 aromatic carbocycles. The first kappa shape index (κ1) is 85.5. The third kappa shape index (κ3) is 45.0. The van der Waals surface area contributed by atoms with Gasteiger partial charge in [-0.1, -0.05) is 318 Å². The summed E-state index contributed by atoms with van der Waals surface area (Å²) in [7, 11) is 0. The van der Waals surface area contributed by atoms with Crippen molar-refractivity contribution in [2.45, 2.75) is 396 Å². The smallest absolute Gasteiger partial charge is 0.220 e. The minimum atomic E-state index is -1.79. The molecule has 2 fully saturated rings. The van der Waals surface area contributed by atoms with E-state index >= 15 is 0 Å². The van der Waals surface area contributed by atoms with Crippen molar-refractivity contribution in [3.05, 3.63) is 72.9 Å². The average Bonchev–Trinajstić information content (AvgIpc) is 1.05. The summed E-state index contributed by atoms with van der Waals surface area (Å²) in [6.45, 7) is 2.70. The van der Waals surface area contributed by atoms with Crippen LogP contribution in [0.15, 0.2) is 72.9 Å². The van der Waals surface area contributed by atoms with Gasteiger partial charge < -0.3 is 65.1 Å². The number of aliphatic hydroxyl groups is 8. The van der Waals surface area contributed by atoms with Gasteiger partial charge in [-0.2, -0.15) is 0 Å². The lowest BCUT2D eigenvalue weighted by molar-refractivity contribution is -0.359. The van der Waals surface area contributed by atoms with Crippen LogP contribution < -0.4 is 5.32 Å². The maximum Gasteiger partial charge on any atom is 0.220 e. The van der Waals surface area contributed by atoms with Crippen LogP contribution in [-0.2, 0) is 23.7 Å². The highest BCUT2D eigenvalue weighted by Crippen LogP contribution is 2.30. The number of nitrogens with one attached hydrogen (secondary N) is 1. The summed E-state index contributed by atoms with van der Waals surface area (Å²) in [5.41, 5.74) is 0. The second-order valence-electron chi connectivity index (χ2n) is 26.7. The third-order valence-electron chi connectivity index (χ3n) is 18.4. The zero-order valence-corrected chi connectivity index (χ0v) is 58.5. The van der Waals surface area contributed by atoms with Gasteiger partial charge in [0.05, 0.1) is 32.0 Å². The molecule has 0 spiro atoms. The Labute approximate surface area is 561 Å². The highest BCUT2D eigenvalue weighted by atomic mass is 16.7. The Bertz CT molecular complexity index is 1820. The molecular weight excluding hydrogens is 1160 g/mol. The van der Waals surface area contributed by atoms with Crippen molar-refractivity contribution in [1.82, 2.24) is 5.32 Å². The van der Waals surface area contributed by atoms with E-state index in [9.17, 15) is 45.6 Å². The Kier molecular flexibility index (Phi) is 57.6. The zero-order chi connectivity index (χ0) is 66.6. The fourth-order valence-corrected chi connectivity index (χ4v) is 12.4. The molecule has 12 unspecified atom stereocenters. The molecule has 9 N–H and O–H groups in total. The highest BCUT2D eigenvalue weighted by Gasteiger charge is 2.51. The molecule has 2 aliphatic heterocycles. The van der Waals surface area contributed by atoms with Crippen LogP contribution in [0.4, 0.5) is 0 Å². The fourth-order valence-electron chi connectivity index (χ4n) is 12.4. The minimum Gasteiger partial charge on any atom is -0.394 e. The first-order valence-electron chi connectivity index (χ1n) is 38.2. The molecule has 0 saturated carbocycles. The molecule has 2 rings (SSSR count). The van der Waals surface area contributed by atoms with Gasteiger partial charge in [0.2, 0.25) is 5.91 Å². The van der Waals surface area contributed by atoms with Crippen LogP contribution in [-0.4, -0.2) is 140 Å². The number of ether oxygens (including phenoxy) is 4. The summed E-state index contributed by atoms with van der Waals surface area (Å²) in [5.74, 6) is -0.244. The van der Waals surface area contributed by atoms with Gasteiger partial charge in [0.15, 0.2) is 12.6 Å². The van der Waals surface area contributed by atoms with Gasteiger partial charge in [-0.15, -0.1) is 0 Å². The van der Waals surface area contributed by atoms with Crippen LogP contribution in [0, 0.1) is 0 Å². The van der Waals surface area contributed by atoms with Gasteiger partial charge in [0.1, 0.15) is 48.8 Å². The van der Waals surface area contributed by atoms with Crippen molar-refractivity contribution >= 4 is 5.91 Å². The summed E-state index contributed by atoms with van der Waals surface area (Å²) in [4.78, 5) is 13.3. The monoisotopic (exact) mass is 1300 g/mol. The molecule has 12 atom stereocenters. The van der Waals surface area contributed by atoms with Gasteiger partial charge >= 0.3 is 0 Å². The number of allylic oxidation sites excluding steroid dienone is 11. The number of rotatable bonds is 63. The molecule has 92 heavy (non-hydrogen) atoms. The summed E-state index contributed by atoms with van der Waals surface area (Å²) in [6.07, 6.45) is 68.5. The van der Waals surface area contributed by atoms with Crippen LogP contribution in [0.5, 0.6) is 0 Å². The van der Waals surface area contributed by atoms with Crippen molar-refractivity contribution in [2.24, 2.45) is 0 Å². The fraction of sp³-hybridized carbons (Fsp3) is 0.833. The Morgan fingerprint density at radius 1 is 0.402 bits per heavy atom. The summed E-state index contributed by atoms with van der Waals surface area (Å²) in [6, 6.07) is -0.933. The number of aliphatic hydroxyl groups excluding tert-OH is 8. The van der Waals surface area contributed by atoms with Crippen molar-refractivity contribution in [3.63, 3.8) is 0 Å². The summed E-state index contributed by atoms with van der Waals surface area (Å²) in [5, 5.41) is 87.5. The quantitative estimate of drug-likeness (QED) is 0.0204. The molecule has 2 saturated heterocycles. The first-order valence-corrected chi connectivity index (χ1v) is 38.2. The minimum absolute atomic E-state index is 0.244. The van der Waals surface area contributed by atoms with Gasteiger partial charge in [-0.05, 0) is 70.6 Å². The molecule has 1 amide bonds. The number of amides is 1. The topological polar surface area (TPSA) is 228 Å². The van der Waals surface area contributed by atoms with Crippen LogP contribution >= 0.6 is 0 Å². The molecule has 14 heteroatoms. The normalized spacial score (nSPS) is 23.1. The van der Waals surface area contributed by atoms with Crippen LogP contribution in [0.3, 0.4) is 0 Å². The predicted molar refractivity (Wildman–Crippen MR) is 378 cm³/mol. The van der Waals surface area contributed by atoms with E-state index in [0.717, 1.165) is 57.8 Å². The number of hydrogen-bond donors (Lipinski definition) is 9. The average molecular weight is 1300 g/mol. The number of unbranched alkanes of at least 4 members (excludes halogenated alkanes) is 40. The molecule has 0 aromatic rings. The van der Waals surface area contributed by atoms with Gasteiger partial charge in [-0.3, -0.25) is 4.79 Å². The Hall–Kier alpha value is -2.57. The van der Waals surface area contributed by atoms with E-state index in [1.54, 1.807) is 6.08 Å². The van der Waals surface area contributed by atoms with Crippen molar-refractivity contribution in [2.75, 3.05) is 19.8 Å². The van der Waals surface area contributed by atoms with Gasteiger partial charge in [-0.25, -0.2) is 0 Å². The zero-order valence-electron chi connectivity index (χ0n) is 58.5. The number of hydrogen-bond acceptors (Lipinski definition) is 13. The Balaban J connectivity index is 1.58. The van der Waals surface area contributed by atoms with Crippen LogP contribution in [0.2, 0.25) is 0 Å². The van der Waals surface area contributed by atoms with E-state index < -0.39 is 86.8 Å². The van der Waals surface area contributed by atoms with Gasteiger partial charge in [0.25, 0.3) is 0 Å². The predicted octanol–water partition coefficient (Wildman–Crippen LogP) is 16.6. The van der Waals surface area contributed by atoms with Crippen LogP contribution in [0.25, 0.3) is 0 Å². The van der Waals surface area contributed by atoms with E-state index in [2.05, 4.69) is 79.9 Å². The molecular formula is C78H141NO13. The molecule has 536 valence electrons. The second-order valence-corrected chi connectivity index (χ2v) is 26.7. The van der Waals surface area contributed by atoms with Crippen molar-refractivity contribution in [3.8, 4) is 0 Å². The number of carbonyl (C=O) groups excluding carboxylic acids is 1. The lowest BCUT2D eigenvalue weighted by Gasteiger charge is -2.46. The van der Waals surface area contributed by atoms with E-state index in [1.165, 1.54) is 231 Å². The van der Waals surface area contributed by atoms with Crippen LogP contribution in [0.1, 0.15) is 322 Å². The Morgan fingerprint density at radius 3 is 1.20 bits per heavy atom. The van der Waals surface area contributed by atoms with E-state index in [0.29, 0.717) is 12.8 Å². The highest BCUT2D eigenvalue weighted by molar-refractivity contribution is 5.76. The molecule has 0 aliphatic carbocycles. The lowest BCUT2D eigenvalue weighted by atomic mass is 9.97. The maximum atomic E-state index is 13.3. The lowest BCUT2D eigenvalue weighted by Crippen LogP contribution is -2.65. The molecule has 0 radical (unpaired) electrons.